The lowest BCUT2D eigenvalue weighted by Crippen LogP contribution is -2.42. The van der Waals surface area contributed by atoms with Gasteiger partial charge >= 0.3 is 12.1 Å². The van der Waals surface area contributed by atoms with Gasteiger partial charge in [-0.25, -0.2) is 9.59 Å². The number of hydrogen-bond acceptors (Lipinski definition) is 6. The van der Waals surface area contributed by atoms with E-state index in [0.29, 0.717) is 5.56 Å². The number of aromatic nitrogens is 1. The van der Waals surface area contributed by atoms with Crippen LogP contribution in [0.25, 0.3) is 10.9 Å². The van der Waals surface area contributed by atoms with E-state index < -0.39 is 11.7 Å². The van der Waals surface area contributed by atoms with Gasteiger partial charge in [-0.3, -0.25) is 4.57 Å². The minimum atomic E-state index is -0.595. The number of hydrogen-bond donors (Lipinski definition) is 0. The second-order valence-electron chi connectivity index (χ2n) is 12.0. The first-order chi connectivity index (χ1) is 18.5. The lowest BCUT2D eigenvalue weighted by atomic mass is 9.72. The van der Waals surface area contributed by atoms with Crippen LogP contribution in [0, 0.1) is 13.8 Å². The van der Waals surface area contributed by atoms with Crippen LogP contribution in [0.15, 0.2) is 42.6 Å². The molecule has 1 aliphatic heterocycles. The molecule has 1 aliphatic carbocycles. The van der Waals surface area contributed by atoms with E-state index in [-0.39, 0.29) is 23.6 Å². The number of esters is 1. The van der Waals surface area contributed by atoms with Gasteiger partial charge in [-0.05, 0) is 102 Å². The van der Waals surface area contributed by atoms with E-state index in [9.17, 15) is 9.59 Å². The molecule has 3 unspecified atom stereocenters. The van der Waals surface area contributed by atoms with Crippen molar-refractivity contribution in [2.45, 2.75) is 89.9 Å². The molecule has 1 saturated carbocycles. The lowest BCUT2D eigenvalue weighted by molar-refractivity contribution is -0.0558. The second kappa shape index (κ2) is 10.3. The number of carbonyl (C=O) groups excluding carboxylic acids is 2. The largest absolute Gasteiger partial charge is 0.489 e. The van der Waals surface area contributed by atoms with Crippen molar-refractivity contribution in [1.82, 2.24) is 4.57 Å². The van der Waals surface area contributed by atoms with Crippen molar-refractivity contribution in [1.29, 1.82) is 0 Å². The summed E-state index contributed by atoms with van der Waals surface area (Å²) < 4.78 is 25.3. The third-order valence-corrected chi connectivity index (χ3v) is 8.03. The zero-order valence-corrected chi connectivity index (χ0v) is 23.8. The molecule has 3 aromatic rings. The van der Waals surface area contributed by atoms with Crippen molar-refractivity contribution in [3.05, 3.63) is 64.8 Å². The molecular weight excluding hydrogens is 494 g/mol. The molecule has 39 heavy (non-hydrogen) atoms. The number of nitrogens with zero attached hydrogens (tertiary/aromatic N) is 1. The summed E-state index contributed by atoms with van der Waals surface area (Å²) in [6, 6.07) is 11.7. The SMILES string of the molecule is COC(=O)c1ccc(C2CC3(CCCO3)CCC2Oc2c(C)cc(C)c3c2ccn3C(=O)OC(C)(C)C)cc1. The lowest BCUT2D eigenvalue weighted by Gasteiger charge is -2.42. The van der Waals surface area contributed by atoms with Gasteiger partial charge in [0, 0.05) is 24.1 Å². The monoisotopic (exact) mass is 533 g/mol. The number of fused-ring (bicyclic) bond motifs is 1. The zero-order chi connectivity index (χ0) is 27.9. The molecule has 0 radical (unpaired) electrons. The summed E-state index contributed by atoms with van der Waals surface area (Å²) in [5.41, 5.74) is 3.75. The van der Waals surface area contributed by atoms with E-state index in [1.807, 2.05) is 58.0 Å². The number of rotatable bonds is 4. The standard InChI is InChI=1S/C32H39NO6/c1-20-18-21(2)28(24-13-16-33(27(20)24)30(35)39-31(3,4)5)38-26-12-15-32(14-7-17-37-32)19-25(26)22-8-10-23(11-9-22)29(34)36-6/h8-11,13,16,18,25-26H,7,12,14-15,17,19H2,1-6H3. The van der Waals surface area contributed by atoms with E-state index in [2.05, 4.69) is 13.0 Å². The molecule has 0 N–H and O–H groups in total. The summed E-state index contributed by atoms with van der Waals surface area (Å²) in [6.45, 7) is 10.5. The first kappa shape index (κ1) is 27.3. The second-order valence-corrected chi connectivity index (χ2v) is 12.0. The van der Waals surface area contributed by atoms with Gasteiger partial charge in [0.15, 0.2) is 0 Å². The van der Waals surface area contributed by atoms with E-state index in [0.717, 1.165) is 72.1 Å². The molecule has 3 atom stereocenters. The Balaban J connectivity index is 1.50. The van der Waals surface area contributed by atoms with Crippen molar-refractivity contribution < 1.29 is 28.5 Å². The quantitative estimate of drug-likeness (QED) is 0.333. The molecular formula is C32H39NO6. The first-order valence-electron chi connectivity index (χ1n) is 13.8. The first-order valence-corrected chi connectivity index (χ1v) is 13.8. The van der Waals surface area contributed by atoms with E-state index in [4.69, 9.17) is 18.9 Å². The fourth-order valence-electron chi connectivity index (χ4n) is 6.27. The van der Waals surface area contributed by atoms with Crippen molar-refractivity contribution in [3.63, 3.8) is 0 Å². The maximum absolute atomic E-state index is 13.0. The molecule has 1 saturated heterocycles. The topological polar surface area (TPSA) is 76.0 Å². The third kappa shape index (κ3) is 5.42. The molecule has 2 fully saturated rings. The predicted molar refractivity (Wildman–Crippen MR) is 150 cm³/mol. The van der Waals surface area contributed by atoms with Crippen molar-refractivity contribution in [2.75, 3.05) is 13.7 Å². The Hall–Kier alpha value is -3.32. The fourth-order valence-corrected chi connectivity index (χ4v) is 6.27. The van der Waals surface area contributed by atoms with Crippen LogP contribution in [-0.2, 0) is 14.2 Å². The minimum Gasteiger partial charge on any atom is -0.489 e. The molecule has 1 spiro atoms. The maximum Gasteiger partial charge on any atom is 0.419 e. The molecule has 2 aromatic carbocycles. The number of methoxy groups -OCH3 is 1. The Kier molecular flexibility index (Phi) is 7.23. The summed E-state index contributed by atoms with van der Waals surface area (Å²) >= 11 is 0. The van der Waals surface area contributed by atoms with Gasteiger partial charge in [0.2, 0.25) is 0 Å². The molecule has 0 amide bonds. The maximum atomic E-state index is 13.0. The summed E-state index contributed by atoms with van der Waals surface area (Å²) in [7, 11) is 1.39. The van der Waals surface area contributed by atoms with Crippen LogP contribution >= 0.6 is 0 Å². The molecule has 0 bridgehead atoms. The molecule has 5 rings (SSSR count). The summed E-state index contributed by atoms with van der Waals surface area (Å²) in [4.78, 5) is 25.0. The van der Waals surface area contributed by atoms with E-state index in [1.165, 1.54) is 7.11 Å². The average Bonchev–Trinajstić information content (AvgIpc) is 3.54. The summed E-state index contributed by atoms with van der Waals surface area (Å²) in [5.74, 6) is 0.537. The Morgan fingerprint density at radius 2 is 1.79 bits per heavy atom. The number of carbonyl (C=O) groups is 2. The van der Waals surface area contributed by atoms with Crippen LogP contribution in [0.2, 0.25) is 0 Å². The van der Waals surface area contributed by atoms with Crippen molar-refractivity contribution in [3.8, 4) is 5.75 Å². The van der Waals surface area contributed by atoms with Gasteiger partial charge in [-0.1, -0.05) is 18.2 Å². The van der Waals surface area contributed by atoms with Gasteiger partial charge in [0.05, 0.1) is 23.8 Å². The van der Waals surface area contributed by atoms with Crippen LogP contribution in [0.4, 0.5) is 4.79 Å². The Bertz CT molecular complexity index is 1370. The zero-order valence-electron chi connectivity index (χ0n) is 23.8. The van der Waals surface area contributed by atoms with Crippen molar-refractivity contribution >= 4 is 23.0 Å². The normalized spacial score (nSPS) is 23.2. The van der Waals surface area contributed by atoms with Gasteiger partial charge < -0.3 is 18.9 Å². The third-order valence-electron chi connectivity index (χ3n) is 8.03. The predicted octanol–water partition coefficient (Wildman–Crippen LogP) is 7.09. The van der Waals surface area contributed by atoms with Crippen LogP contribution in [0.5, 0.6) is 5.75 Å². The van der Waals surface area contributed by atoms with Crippen LogP contribution in [0.3, 0.4) is 0 Å². The Morgan fingerprint density at radius 1 is 1.05 bits per heavy atom. The van der Waals surface area contributed by atoms with Crippen LogP contribution < -0.4 is 4.74 Å². The van der Waals surface area contributed by atoms with Gasteiger partial charge in [-0.15, -0.1) is 0 Å². The van der Waals surface area contributed by atoms with E-state index >= 15 is 0 Å². The smallest absolute Gasteiger partial charge is 0.419 e. The molecule has 208 valence electrons. The highest BCUT2D eigenvalue weighted by Crippen LogP contribution is 2.48. The Morgan fingerprint density at radius 3 is 2.44 bits per heavy atom. The minimum absolute atomic E-state index is 0.0849. The number of aryl methyl sites for hydroxylation is 2. The van der Waals surface area contributed by atoms with Crippen molar-refractivity contribution in [2.24, 2.45) is 0 Å². The Labute approximate surface area is 230 Å². The summed E-state index contributed by atoms with van der Waals surface area (Å²) in [6.07, 6.45) is 6.08. The van der Waals surface area contributed by atoms with Gasteiger partial charge in [0.1, 0.15) is 17.5 Å². The highest BCUT2D eigenvalue weighted by Gasteiger charge is 2.45. The molecule has 7 nitrogen and oxygen atoms in total. The molecule has 2 aliphatic rings. The average molecular weight is 534 g/mol. The van der Waals surface area contributed by atoms with Crippen LogP contribution in [0.1, 0.15) is 85.8 Å². The molecule has 2 heterocycles. The number of benzene rings is 2. The van der Waals surface area contributed by atoms with Crippen LogP contribution in [-0.4, -0.2) is 47.7 Å². The van der Waals surface area contributed by atoms with Gasteiger partial charge in [-0.2, -0.15) is 0 Å². The summed E-state index contributed by atoms with van der Waals surface area (Å²) in [5, 5.41) is 0.899. The van der Waals surface area contributed by atoms with Gasteiger partial charge in [0.25, 0.3) is 0 Å². The highest BCUT2D eigenvalue weighted by atomic mass is 16.6. The van der Waals surface area contributed by atoms with E-state index in [1.54, 1.807) is 10.8 Å². The molecule has 1 aromatic heterocycles. The number of ether oxygens (including phenoxy) is 4. The highest BCUT2D eigenvalue weighted by molar-refractivity contribution is 5.96. The fraction of sp³-hybridized carbons (Fsp3) is 0.500. The molecule has 7 heteroatoms.